The summed E-state index contributed by atoms with van der Waals surface area (Å²) in [4.78, 5) is 30.9. The van der Waals surface area contributed by atoms with E-state index in [0.29, 0.717) is 11.6 Å². The summed E-state index contributed by atoms with van der Waals surface area (Å²) in [5.74, 6) is 0.0520. The molecule has 2 N–H and O–H groups in total. The number of anilines is 1. The number of aromatic nitrogens is 1. The van der Waals surface area contributed by atoms with Gasteiger partial charge in [0.1, 0.15) is 0 Å². The van der Waals surface area contributed by atoms with E-state index >= 15 is 0 Å². The van der Waals surface area contributed by atoms with Crippen LogP contribution in [0.4, 0.5) is 9.93 Å². The zero-order valence-electron chi connectivity index (χ0n) is 18.7. The second kappa shape index (κ2) is 9.11. The van der Waals surface area contributed by atoms with Crippen molar-refractivity contribution in [3.63, 3.8) is 0 Å². The first-order valence-electron chi connectivity index (χ1n) is 10.6. The maximum atomic E-state index is 12.5. The van der Waals surface area contributed by atoms with Gasteiger partial charge in [-0.1, -0.05) is 29.5 Å². The number of amides is 3. The van der Waals surface area contributed by atoms with Crippen LogP contribution in [0.1, 0.15) is 19.3 Å². The molecule has 4 rings (SSSR count). The lowest BCUT2D eigenvalue weighted by atomic mass is 10.1. The molecule has 2 aromatic carbocycles. The summed E-state index contributed by atoms with van der Waals surface area (Å²) in [5.41, 5.74) is 2.41. The average molecular weight is 487 g/mol. The van der Waals surface area contributed by atoms with Crippen LogP contribution in [0.3, 0.4) is 0 Å². The number of benzene rings is 2. The van der Waals surface area contributed by atoms with Gasteiger partial charge in [0, 0.05) is 32.3 Å². The number of nitrogens with one attached hydrogen (secondary N) is 2. The first-order chi connectivity index (χ1) is 15.6. The SMILES string of the molecule is CN(C)C(=O)C1CCC(NC(=O)Nc2nc3ccc(-c4cccc(S(C)(=O)=O)c4)cc3s2)C1. The van der Waals surface area contributed by atoms with Crippen LogP contribution in [0.15, 0.2) is 47.4 Å². The van der Waals surface area contributed by atoms with Gasteiger partial charge in [-0.2, -0.15) is 0 Å². The third kappa shape index (κ3) is 5.33. The first-order valence-corrected chi connectivity index (χ1v) is 13.3. The molecule has 2 atom stereocenters. The van der Waals surface area contributed by atoms with Gasteiger partial charge < -0.3 is 10.2 Å². The zero-order valence-corrected chi connectivity index (χ0v) is 20.3. The molecule has 1 aliphatic carbocycles. The Hall–Kier alpha value is -2.98. The van der Waals surface area contributed by atoms with E-state index < -0.39 is 9.84 Å². The molecule has 0 bridgehead atoms. The number of fused-ring (bicyclic) bond motifs is 1. The standard InChI is InChI=1S/C23H26N4O4S2/c1-27(2)21(28)16-7-9-17(11-16)24-22(29)26-23-25-19-10-8-15(13-20(19)32-23)14-5-4-6-18(12-14)33(3,30)31/h4-6,8,10,12-13,16-17H,7,9,11H2,1-3H3,(H2,24,25,26,29). The van der Waals surface area contributed by atoms with Crippen LogP contribution in [0.2, 0.25) is 0 Å². The van der Waals surface area contributed by atoms with E-state index in [1.807, 2.05) is 24.3 Å². The lowest BCUT2D eigenvalue weighted by Gasteiger charge is -2.16. The predicted molar refractivity (Wildman–Crippen MR) is 130 cm³/mol. The largest absolute Gasteiger partial charge is 0.349 e. The molecule has 1 aliphatic rings. The summed E-state index contributed by atoms with van der Waals surface area (Å²) in [5, 5.41) is 6.21. The van der Waals surface area contributed by atoms with Crippen LogP contribution in [0.25, 0.3) is 21.3 Å². The molecule has 0 spiro atoms. The van der Waals surface area contributed by atoms with Crippen molar-refractivity contribution < 1.29 is 18.0 Å². The maximum absolute atomic E-state index is 12.5. The Morgan fingerprint density at radius 3 is 2.58 bits per heavy atom. The lowest BCUT2D eigenvalue weighted by Crippen LogP contribution is -2.37. The average Bonchev–Trinajstić information content (AvgIpc) is 3.38. The van der Waals surface area contributed by atoms with Crippen LogP contribution < -0.4 is 10.6 Å². The van der Waals surface area contributed by atoms with Crippen LogP contribution >= 0.6 is 11.3 Å². The summed E-state index contributed by atoms with van der Waals surface area (Å²) in [6.07, 6.45) is 3.37. The van der Waals surface area contributed by atoms with Crippen molar-refractivity contribution in [2.75, 3.05) is 25.7 Å². The molecule has 10 heteroatoms. The van der Waals surface area contributed by atoms with E-state index in [1.165, 1.54) is 17.6 Å². The normalized spacial score (nSPS) is 18.3. The van der Waals surface area contributed by atoms with E-state index in [4.69, 9.17) is 0 Å². The maximum Gasteiger partial charge on any atom is 0.321 e. The van der Waals surface area contributed by atoms with E-state index in [0.717, 1.165) is 34.2 Å². The number of nitrogens with zero attached hydrogens (tertiary/aromatic N) is 2. The second-order valence-corrected chi connectivity index (χ2v) is 11.6. The Bertz CT molecular complexity index is 1320. The Morgan fingerprint density at radius 2 is 1.85 bits per heavy atom. The van der Waals surface area contributed by atoms with E-state index in [1.54, 1.807) is 37.2 Å². The van der Waals surface area contributed by atoms with Crippen molar-refractivity contribution >= 4 is 48.5 Å². The molecule has 1 heterocycles. The van der Waals surface area contributed by atoms with Gasteiger partial charge in [0.2, 0.25) is 5.91 Å². The second-order valence-electron chi connectivity index (χ2n) is 8.54. The minimum atomic E-state index is -3.29. The van der Waals surface area contributed by atoms with E-state index in [-0.39, 0.29) is 28.8 Å². The van der Waals surface area contributed by atoms with Crippen molar-refractivity contribution in [3.8, 4) is 11.1 Å². The monoisotopic (exact) mass is 486 g/mol. The molecule has 0 radical (unpaired) electrons. The third-order valence-electron chi connectivity index (χ3n) is 5.76. The van der Waals surface area contributed by atoms with Crippen LogP contribution in [0.5, 0.6) is 0 Å². The molecule has 1 saturated carbocycles. The van der Waals surface area contributed by atoms with E-state index in [2.05, 4.69) is 15.6 Å². The molecule has 0 saturated heterocycles. The van der Waals surface area contributed by atoms with Crippen molar-refractivity contribution in [2.24, 2.45) is 5.92 Å². The van der Waals surface area contributed by atoms with Gasteiger partial charge in [0.15, 0.2) is 15.0 Å². The van der Waals surface area contributed by atoms with Gasteiger partial charge in [0.25, 0.3) is 0 Å². The quantitative estimate of drug-likeness (QED) is 0.571. The molecular weight excluding hydrogens is 460 g/mol. The fourth-order valence-corrected chi connectivity index (χ4v) is 5.65. The number of hydrogen-bond donors (Lipinski definition) is 2. The molecule has 1 aromatic heterocycles. The van der Waals surface area contributed by atoms with Gasteiger partial charge in [-0.25, -0.2) is 18.2 Å². The van der Waals surface area contributed by atoms with Crippen LogP contribution in [-0.4, -0.2) is 56.6 Å². The highest BCUT2D eigenvalue weighted by molar-refractivity contribution is 7.90. The van der Waals surface area contributed by atoms with Crippen molar-refractivity contribution in [3.05, 3.63) is 42.5 Å². The fourth-order valence-electron chi connectivity index (χ4n) is 4.08. The zero-order chi connectivity index (χ0) is 23.8. The molecule has 2 unspecified atom stereocenters. The Balaban J connectivity index is 1.44. The topological polar surface area (TPSA) is 108 Å². The van der Waals surface area contributed by atoms with E-state index in [9.17, 15) is 18.0 Å². The lowest BCUT2D eigenvalue weighted by molar-refractivity contribution is -0.132. The third-order valence-corrected chi connectivity index (χ3v) is 7.81. The smallest absolute Gasteiger partial charge is 0.321 e. The number of hydrogen-bond acceptors (Lipinski definition) is 6. The summed E-state index contributed by atoms with van der Waals surface area (Å²) in [6, 6.07) is 12.1. The highest BCUT2D eigenvalue weighted by Crippen LogP contribution is 2.32. The summed E-state index contributed by atoms with van der Waals surface area (Å²) in [6.45, 7) is 0. The van der Waals surface area contributed by atoms with Gasteiger partial charge in [-0.3, -0.25) is 10.1 Å². The number of thiazole rings is 1. The summed E-state index contributed by atoms with van der Waals surface area (Å²) < 4.78 is 24.6. The number of urea groups is 1. The van der Waals surface area contributed by atoms with Crippen LogP contribution in [0, 0.1) is 5.92 Å². The Labute approximate surface area is 196 Å². The van der Waals surface area contributed by atoms with Crippen molar-refractivity contribution in [1.29, 1.82) is 0 Å². The number of carbonyl (C=O) groups is 2. The Morgan fingerprint density at radius 1 is 1.09 bits per heavy atom. The molecule has 8 nitrogen and oxygen atoms in total. The van der Waals surface area contributed by atoms with Crippen molar-refractivity contribution in [1.82, 2.24) is 15.2 Å². The molecule has 174 valence electrons. The first kappa shape index (κ1) is 23.2. The minimum Gasteiger partial charge on any atom is -0.349 e. The molecule has 0 aliphatic heterocycles. The number of carbonyl (C=O) groups excluding carboxylic acids is 2. The van der Waals surface area contributed by atoms with Crippen molar-refractivity contribution in [2.45, 2.75) is 30.2 Å². The van der Waals surface area contributed by atoms with Gasteiger partial charge >= 0.3 is 6.03 Å². The van der Waals surface area contributed by atoms with Gasteiger partial charge in [-0.05, 0) is 54.7 Å². The van der Waals surface area contributed by atoms with Crippen LogP contribution in [-0.2, 0) is 14.6 Å². The molecule has 3 amide bonds. The summed E-state index contributed by atoms with van der Waals surface area (Å²) in [7, 11) is 0.200. The number of rotatable bonds is 5. The highest BCUT2D eigenvalue weighted by Gasteiger charge is 2.31. The molecule has 1 fully saturated rings. The molecule has 3 aromatic rings. The minimum absolute atomic E-state index is 0.0398. The highest BCUT2D eigenvalue weighted by atomic mass is 32.2. The van der Waals surface area contributed by atoms with Gasteiger partial charge in [-0.15, -0.1) is 0 Å². The Kier molecular flexibility index (Phi) is 6.40. The number of sulfone groups is 1. The summed E-state index contributed by atoms with van der Waals surface area (Å²) >= 11 is 1.35. The predicted octanol–water partition coefficient (Wildman–Crippen LogP) is 3.75. The fraction of sp³-hybridized carbons (Fsp3) is 0.348. The molecular formula is C23H26N4O4S2. The molecule has 33 heavy (non-hydrogen) atoms. The van der Waals surface area contributed by atoms with Gasteiger partial charge in [0.05, 0.1) is 15.1 Å².